The molecule has 3 nitrogen and oxygen atoms in total. The first kappa shape index (κ1) is 11.2. The maximum atomic E-state index is 11.8. The molecule has 0 spiro atoms. The lowest BCUT2D eigenvalue weighted by atomic mass is 10.2. The molecule has 1 unspecified atom stereocenters. The van der Waals surface area contributed by atoms with Crippen molar-refractivity contribution in [1.29, 1.82) is 0 Å². The van der Waals surface area contributed by atoms with Crippen LogP contribution < -0.4 is 4.31 Å². The van der Waals surface area contributed by atoms with Crippen LogP contribution in [0.4, 0.5) is 5.69 Å². The molecule has 0 aliphatic carbocycles. The highest BCUT2D eigenvalue weighted by Crippen LogP contribution is 2.27. The predicted octanol–water partition coefficient (Wildman–Crippen LogP) is 2.08. The smallest absolute Gasteiger partial charge is 0.235 e. The normalized spacial score (nSPS) is 24.4. The van der Waals surface area contributed by atoms with Crippen molar-refractivity contribution in [1.82, 2.24) is 0 Å². The van der Waals surface area contributed by atoms with Crippen LogP contribution in [-0.2, 0) is 10.0 Å². The Bertz CT molecular complexity index is 455. The average molecular weight is 337 g/mol. The fourth-order valence-corrected chi connectivity index (χ4v) is 4.06. The topological polar surface area (TPSA) is 37.4 Å². The Morgan fingerprint density at radius 3 is 2.40 bits per heavy atom. The standard InChI is InChI=1S/C10H12INO2S/c1-8-6-12(15(13,14)7-8)10-4-2-9(11)3-5-10/h2-5,8H,6-7H2,1H3. The second-order valence-electron chi connectivity index (χ2n) is 3.89. The van der Waals surface area contributed by atoms with Gasteiger partial charge in [-0.05, 0) is 52.8 Å². The van der Waals surface area contributed by atoms with E-state index < -0.39 is 10.0 Å². The minimum atomic E-state index is -3.07. The van der Waals surface area contributed by atoms with Crippen LogP contribution in [-0.4, -0.2) is 20.7 Å². The summed E-state index contributed by atoms with van der Waals surface area (Å²) in [4.78, 5) is 0. The van der Waals surface area contributed by atoms with Gasteiger partial charge in [0.05, 0.1) is 11.4 Å². The Kier molecular flexibility index (Phi) is 2.94. The van der Waals surface area contributed by atoms with Crippen molar-refractivity contribution in [3.8, 4) is 0 Å². The third-order valence-electron chi connectivity index (χ3n) is 2.42. The highest BCUT2D eigenvalue weighted by molar-refractivity contribution is 14.1. The number of halogens is 1. The van der Waals surface area contributed by atoms with Crippen LogP contribution in [0.25, 0.3) is 0 Å². The molecule has 0 radical (unpaired) electrons. The molecule has 1 aliphatic heterocycles. The van der Waals surface area contributed by atoms with Crippen LogP contribution in [0.2, 0.25) is 0 Å². The van der Waals surface area contributed by atoms with Crippen LogP contribution >= 0.6 is 22.6 Å². The molecule has 15 heavy (non-hydrogen) atoms. The summed E-state index contributed by atoms with van der Waals surface area (Å²) in [5.41, 5.74) is 0.778. The molecule has 0 aromatic heterocycles. The molecule has 1 aliphatic rings. The Labute approximate surface area is 104 Å². The minimum absolute atomic E-state index is 0.217. The molecule has 0 bridgehead atoms. The van der Waals surface area contributed by atoms with Gasteiger partial charge in [0.15, 0.2) is 0 Å². The lowest BCUT2D eigenvalue weighted by molar-refractivity contribution is 0.598. The van der Waals surface area contributed by atoms with Crippen LogP contribution in [0.15, 0.2) is 24.3 Å². The van der Waals surface area contributed by atoms with Gasteiger partial charge in [0.25, 0.3) is 0 Å². The molecule has 1 atom stereocenters. The molecule has 1 aromatic carbocycles. The highest BCUT2D eigenvalue weighted by atomic mass is 127. The van der Waals surface area contributed by atoms with E-state index in [1.54, 1.807) is 0 Å². The van der Waals surface area contributed by atoms with E-state index in [2.05, 4.69) is 22.6 Å². The highest BCUT2D eigenvalue weighted by Gasteiger charge is 2.33. The molecule has 1 heterocycles. The molecule has 1 aromatic rings. The molecule has 82 valence electrons. The van der Waals surface area contributed by atoms with Gasteiger partial charge in [0, 0.05) is 10.1 Å². The van der Waals surface area contributed by atoms with Gasteiger partial charge in [-0.2, -0.15) is 0 Å². The van der Waals surface area contributed by atoms with Crippen LogP contribution in [0.5, 0.6) is 0 Å². The van der Waals surface area contributed by atoms with E-state index in [9.17, 15) is 8.42 Å². The Morgan fingerprint density at radius 1 is 1.33 bits per heavy atom. The molecular weight excluding hydrogens is 325 g/mol. The van der Waals surface area contributed by atoms with E-state index in [4.69, 9.17) is 0 Å². The Balaban J connectivity index is 2.36. The summed E-state index contributed by atoms with van der Waals surface area (Å²) in [6.07, 6.45) is 0. The van der Waals surface area contributed by atoms with E-state index in [-0.39, 0.29) is 11.7 Å². The first-order chi connectivity index (χ1) is 6.99. The summed E-state index contributed by atoms with van der Waals surface area (Å²) in [5.74, 6) is 0.480. The summed E-state index contributed by atoms with van der Waals surface area (Å²) in [6.45, 7) is 2.56. The second kappa shape index (κ2) is 3.93. The summed E-state index contributed by atoms with van der Waals surface area (Å²) in [6, 6.07) is 7.57. The van der Waals surface area contributed by atoms with Crippen molar-refractivity contribution in [2.45, 2.75) is 6.92 Å². The zero-order valence-corrected chi connectivity index (χ0v) is 11.3. The number of anilines is 1. The van der Waals surface area contributed by atoms with Gasteiger partial charge in [-0.3, -0.25) is 4.31 Å². The van der Waals surface area contributed by atoms with Crippen molar-refractivity contribution in [3.05, 3.63) is 27.8 Å². The second-order valence-corrected chi connectivity index (χ2v) is 7.07. The minimum Gasteiger partial charge on any atom is -0.270 e. The first-order valence-corrected chi connectivity index (χ1v) is 7.44. The third-order valence-corrected chi connectivity index (χ3v) is 5.16. The number of rotatable bonds is 1. The molecule has 1 fully saturated rings. The van der Waals surface area contributed by atoms with Gasteiger partial charge in [0.1, 0.15) is 0 Å². The number of hydrogen-bond donors (Lipinski definition) is 0. The van der Waals surface area contributed by atoms with Crippen molar-refractivity contribution >= 4 is 38.3 Å². The molecule has 5 heteroatoms. The fourth-order valence-electron chi connectivity index (χ4n) is 1.77. The van der Waals surface area contributed by atoms with Gasteiger partial charge in [-0.15, -0.1) is 0 Å². The van der Waals surface area contributed by atoms with Crippen LogP contribution in [0.3, 0.4) is 0 Å². The quantitative estimate of drug-likeness (QED) is 0.736. The number of hydrogen-bond acceptors (Lipinski definition) is 2. The third kappa shape index (κ3) is 2.28. The Morgan fingerprint density at radius 2 is 1.93 bits per heavy atom. The largest absolute Gasteiger partial charge is 0.270 e. The summed E-state index contributed by atoms with van der Waals surface area (Å²) < 4.78 is 26.2. The lowest BCUT2D eigenvalue weighted by Gasteiger charge is -2.16. The maximum absolute atomic E-state index is 11.8. The van der Waals surface area contributed by atoms with E-state index >= 15 is 0 Å². The van der Waals surface area contributed by atoms with Crippen molar-refractivity contribution in [2.75, 3.05) is 16.6 Å². The first-order valence-electron chi connectivity index (χ1n) is 4.75. The van der Waals surface area contributed by atoms with Gasteiger partial charge in [-0.1, -0.05) is 6.92 Å². The van der Waals surface area contributed by atoms with E-state index in [0.29, 0.717) is 6.54 Å². The summed E-state index contributed by atoms with van der Waals surface area (Å²) >= 11 is 2.20. The van der Waals surface area contributed by atoms with Crippen molar-refractivity contribution in [3.63, 3.8) is 0 Å². The number of benzene rings is 1. The van der Waals surface area contributed by atoms with E-state index in [1.807, 2.05) is 31.2 Å². The molecular formula is C10H12INO2S. The van der Waals surface area contributed by atoms with Gasteiger partial charge in [0.2, 0.25) is 10.0 Å². The monoisotopic (exact) mass is 337 g/mol. The van der Waals surface area contributed by atoms with Crippen LogP contribution in [0.1, 0.15) is 6.92 Å². The average Bonchev–Trinajstić information content (AvgIpc) is 2.41. The molecule has 0 amide bonds. The van der Waals surface area contributed by atoms with Crippen molar-refractivity contribution in [2.24, 2.45) is 5.92 Å². The van der Waals surface area contributed by atoms with E-state index in [0.717, 1.165) is 9.26 Å². The van der Waals surface area contributed by atoms with Gasteiger partial charge in [-0.25, -0.2) is 8.42 Å². The maximum Gasteiger partial charge on any atom is 0.235 e. The predicted molar refractivity (Wildman–Crippen MR) is 69.5 cm³/mol. The fraction of sp³-hybridized carbons (Fsp3) is 0.400. The summed E-state index contributed by atoms with van der Waals surface area (Å²) in [5, 5.41) is 0. The summed E-state index contributed by atoms with van der Waals surface area (Å²) in [7, 11) is -3.07. The Hall–Kier alpha value is -0.300. The van der Waals surface area contributed by atoms with E-state index in [1.165, 1.54) is 4.31 Å². The molecule has 0 saturated carbocycles. The molecule has 0 N–H and O–H groups in total. The van der Waals surface area contributed by atoms with Gasteiger partial charge >= 0.3 is 0 Å². The SMILES string of the molecule is CC1CN(c2ccc(I)cc2)S(=O)(=O)C1. The van der Waals surface area contributed by atoms with Crippen LogP contribution in [0, 0.1) is 9.49 Å². The molecule has 1 saturated heterocycles. The van der Waals surface area contributed by atoms with Gasteiger partial charge < -0.3 is 0 Å². The number of sulfonamides is 1. The lowest BCUT2D eigenvalue weighted by Crippen LogP contribution is -2.25. The zero-order valence-electron chi connectivity index (χ0n) is 8.35. The zero-order chi connectivity index (χ0) is 11.1. The van der Waals surface area contributed by atoms with Crippen molar-refractivity contribution < 1.29 is 8.42 Å². The molecule has 2 rings (SSSR count). The number of nitrogens with zero attached hydrogens (tertiary/aromatic N) is 1.